The largest absolute Gasteiger partial charge is 0.379 e. The van der Waals surface area contributed by atoms with Crippen LogP contribution in [0.15, 0.2) is 18.3 Å². The van der Waals surface area contributed by atoms with Crippen molar-refractivity contribution < 1.29 is 9.53 Å². The molecule has 2 N–H and O–H groups in total. The maximum Gasteiger partial charge on any atom is 0.267 e. The van der Waals surface area contributed by atoms with E-state index in [-0.39, 0.29) is 11.9 Å². The molecule has 1 aliphatic heterocycles. The standard InChI is InChI=1S/C10H14N2O2/c13-10(9-4-1-5-11-9)12-8-3-2-6-14-7-8/h1,4-5,8,11H,2-3,6-7H2,(H,12,13)/t8-/m1/s1. The summed E-state index contributed by atoms with van der Waals surface area (Å²) in [7, 11) is 0. The molecule has 1 fully saturated rings. The molecule has 1 aromatic heterocycles. The third kappa shape index (κ3) is 2.14. The van der Waals surface area contributed by atoms with E-state index < -0.39 is 0 Å². The zero-order chi connectivity index (χ0) is 9.80. The summed E-state index contributed by atoms with van der Waals surface area (Å²) in [6.07, 6.45) is 3.77. The monoisotopic (exact) mass is 194 g/mol. The molecule has 0 aliphatic carbocycles. The summed E-state index contributed by atoms with van der Waals surface area (Å²) in [5.74, 6) is -0.0505. The van der Waals surface area contributed by atoms with Gasteiger partial charge in [-0.15, -0.1) is 0 Å². The van der Waals surface area contributed by atoms with Crippen molar-refractivity contribution >= 4 is 5.91 Å². The number of aromatic amines is 1. The van der Waals surface area contributed by atoms with E-state index in [0.29, 0.717) is 12.3 Å². The third-order valence-corrected chi connectivity index (χ3v) is 2.34. The van der Waals surface area contributed by atoms with Crippen LogP contribution in [0.5, 0.6) is 0 Å². The van der Waals surface area contributed by atoms with Gasteiger partial charge in [0.25, 0.3) is 5.91 Å². The molecule has 0 saturated carbocycles. The Morgan fingerprint density at radius 1 is 1.64 bits per heavy atom. The van der Waals surface area contributed by atoms with Crippen LogP contribution in [0.25, 0.3) is 0 Å². The van der Waals surface area contributed by atoms with Gasteiger partial charge in [-0.25, -0.2) is 0 Å². The molecule has 0 radical (unpaired) electrons. The van der Waals surface area contributed by atoms with E-state index in [1.165, 1.54) is 0 Å². The van der Waals surface area contributed by atoms with Crippen LogP contribution in [0.2, 0.25) is 0 Å². The molecule has 1 atom stereocenters. The normalized spacial score (nSPS) is 21.9. The maximum absolute atomic E-state index is 11.6. The number of H-pyrrole nitrogens is 1. The molecule has 0 aromatic carbocycles. The Morgan fingerprint density at radius 2 is 2.57 bits per heavy atom. The number of ether oxygens (including phenoxy) is 1. The number of amides is 1. The number of hydrogen-bond donors (Lipinski definition) is 2. The molecule has 1 aliphatic rings. The third-order valence-electron chi connectivity index (χ3n) is 2.34. The Bertz CT molecular complexity index is 289. The van der Waals surface area contributed by atoms with Crippen molar-refractivity contribution in [3.05, 3.63) is 24.0 Å². The van der Waals surface area contributed by atoms with Crippen LogP contribution in [0, 0.1) is 0 Å². The molecule has 2 rings (SSSR count). The first-order valence-corrected chi connectivity index (χ1v) is 4.88. The minimum atomic E-state index is -0.0505. The summed E-state index contributed by atoms with van der Waals surface area (Å²) in [5, 5.41) is 2.93. The fourth-order valence-electron chi connectivity index (χ4n) is 1.59. The van der Waals surface area contributed by atoms with Gasteiger partial charge in [-0.1, -0.05) is 0 Å². The highest BCUT2D eigenvalue weighted by molar-refractivity contribution is 5.92. The van der Waals surface area contributed by atoms with Gasteiger partial charge in [0.05, 0.1) is 12.6 Å². The van der Waals surface area contributed by atoms with Gasteiger partial charge in [-0.2, -0.15) is 0 Å². The summed E-state index contributed by atoms with van der Waals surface area (Å²) in [6, 6.07) is 3.74. The van der Waals surface area contributed by atoms with Crippen LogP contribution < -0.4 is 5.32 Å². The van der Waals surface area contributed by atoms with Crippen LogP contribution >= 0.6 is 0 Å². The number of rotatable bonds is 2. The molecular formula is C10H14N2O2. The van der Waals surface area contributed by atoms with Crippen molar-refractivity contribution in [2.75, 3.05) is 13.2 Å². The van der Waals surface area contributed by atoms with Gasteiger partial charge >= 0.3 is 0 Å². The van der Waals surface area contributed by atoms with Gasteiger partial charge in [0, 0.05) is 12.8 Å². The minimum Gasteiger partial charge on any atom is -0.379 e. The van der Waals surface area contributed by atoms with Gasteiger partial charge < -0.3 is 15.0 Å². The first-order chi connectivity index (χ1) is 6.86. The summed E-state index contributed by atoms with van der Waals surface area (Å²) in [6.45, 7) is 1.45. The first kappa shape index (κ1) is 9.27. The Balaban J connectivity index is 1.87. The second-order valence-corrected chi connectivity index (χ2v) is 3.47. The molecule has 4 nitrogen and oxygen atoms in total. The highest BCUT2D eigenvalue weighted by Gasteiger charge is 2.16. The van der Waals surface area contributed by atoms with E-state index in [1.54, 1.807) is 12.3 Å². The lowest BCUT2D eigenvalue weighted by Gasteiger charge is -2.22. The molecular weight excluding hydrogens is 180 g/mol. The second-order valence-electron chi connectivity index (χ2n) is 3.47. The van der Waals surface area contributed by atoms with Crippen molar-refractivity contribution in [1.82, 2.24) is 10.3 Å². The van der Waals surface area contributed by atoms with Crippen LogP contribution in [0.1, 0.15) is 23.3 Å². The predicted molar refractivity (Wildman–Crippen MR) is 52.1 cm³/mol. The van der Waals surface area contributed by atoms with Crippen LogP contribution in [-0.2, 0) is 4.74 Å². The van der Waals surface area contributed by atoms with Gasteiger partial charge in [-0.05, 0) is 25.0 Å². The lowest BCUT2D eigenvalue weighted by molar-refractivity contribution is 0.0622. The maximum atomic E-state index is 11.6. The van der Waals surface area contributed by atoms with Crippen molar-refractivity contribution in [2.45, 2.75) is 18.9 Å². The Morgan fingerprint density at radius 3 is 3.21 bits per heavy atom. The van der Waals surface area contributed by atoms with Crippen LogP contribution in [-0.4, -0.2) is 30.1 Å². The number of carbonyl (C=O) groups excluding carboxylic acids is 1. The molecule has 1 saturated heterocycles. The van der Waals surface area contributed by atoms with E-state index >= 15 is 0 Å². The highest BCUT2D eigenvalue weighted by atomic mass is 16.5. The number of carbonyl (C=O) groups is 1. The molecule has 76 valence electrons. The van der Waals surface area contributed by atoms with E-state index in [1.807, 2.05) is 6.07 Å². The van der Waals surface area contributed by atoms with Crippen molar-refractivity contribution in [2.24, 2.45) is 0 Å². The van der Waals surface area contributed by atoms with Crippen LogP contribution in [0.4, 0.5) is 0 Å². The molecule has 1 aromatic rings. The van der Waals surface area contributed by atoms with Gasteiger partial charge in [0.1, 0.15) is 5.69 Å². The molecule has 4 heteroatoms. The zero-order valence-corrected chi connectivity index (χ0v) is 7.95. The molecule has 1 amide bonds. The summed E-state index contributed by atoms with van der Waals surface area (Å²) in [5.41, 5.74) is 0.607. The number of nitrogens with one attached hydrogen (secondary N) is 2. The zero-order valence-electron chi connectivity index (χ0n) is 7.95. The molecule has 0 spiro atoms. The smallest absolute Gasteiger partial charge is 0.267 e. The van der Waals surface area contributed by atoms with Crippen molar-refractivity contribution in [3.8, 4) is 0 Å². The van der Waals surface area contributed by atoms with Crippen molar-refractivity contribution in [3.63, 3.8) is 0 Å². The fraction of sp³-hybridized carbons (Fsp3) is 0.500. The van der Waals surface area contributed by atoms with Crippen LogP contribution in [0.3, 0.4) is 0 Å². The summed E-state index contributed by atoms with van der Waals surface area (Å²) >= 11 is 0. The van der Waals surface area contributed by atoms with Gasteiger partial charge in [0.2, 0.25) is 0 Å². The average Bonchev–Trinajstić information content (AvgIpc) is 2.72. The number of aromatic nitrogens is 1. The highest BCUT2D eigenvalue weighted by Crippen LogP contribution is 2.06. The van der Waals surface area contributed by atoms with E-state index in [2.05, 4.69) is 10.3 Å². The quantitative estimate of drug-likeness (QED) is 0.735. The topological polar surface area (TPSA) is 54.1 Å². The fourth-order valence-corrected chi connectivity index (χ4v) is 1.59. The summed E-state index contributed by atoms with van der Waals surface area (Å²) in [4.78, 5) is 14.4. The Hall–Kier alpha value is -1.29. The van der Waals surface area contributed by atoms with Gasteiger partial charge in [-0.3, -0.25) is 4.79 Å². The molecule has 0 bridgehead atoms. The average molecular weight is 194 g/mol. The Kier molecular flexibility index (Phi) is 2.84. The van der Waals surface area contributed by atoms with E-state index in [0.717, 1.165) is 19.4 Å². The van der Waals surface area contributed by atoms with Crippen molar-refractivity contribution in [1.29, 1.82) is 0 Å². The van der Waals surface area contributed by atoms with E-state index in [4.69, 9.17) is 4.74 Å². The molecule has 0 unspecified atom stereocenters. The number of hydrogen-bond acceptors (Lipinski definition) is 2. The lowest BCUT2D eigenvalue weighted by atomic mass is 10.1. The first-order valence-electron chi connectivity index (χ1n) is 4.88. The lowest BCUT2D eigenvalue weighted by Crippen LogP contribution is -2.40. The molecule has 14 heavy (non-hydrogen) atoms. The SMILES string of the molecule is O=C(N[C@@H]1CCCOC1)c1ccc[nH]1. The van der Waals surface area contributed by atoms with Gasteiger partial charge in [0.15, 0.2) is 0 Å². The summed E-state index contributed by atoms with van der Waals surface area (Å²) < 4.78 is 5.28. The molecule has 2 heterocycles. The Labute approximate surface area is 82.6 Å². The van der Waals surface area contributed by atoms with E-state index in [9.17, 15) is 4.79 Å². The minimum absolute atomic E-state index is 0.0505. The second kappa shape index (κ2) is 4.28. The predicted octanol–water partition coefficient (Wildman–Crippen LogP) is 0.923.